The Balaban J connectivity index is 1.78. The zero-order valence-electron chi connectivity index (χ0n) is 15.2. The SMILES string of the molecule is CCOc1ccccc1-c1sc2c(N=NCc3cccs3)ncnc2c1CO. The van der Waals surface area contributed by atoms with Crippen molar-refractivity contribution in [3.05, 3.63) is 58.5 Å². The summed E-state index contributed by atoms with van der Waals surface area (Å²) in [6, 6.07) is 11.8. The van der Waals surface area contributed by atoms with Gasteiger partial charge in [-0.05, 0) is 30.5 Å². The number of thiophene rings is 2. The van der Waals surface area contributed by atoms with Crippen LogP contribution in [0.2, 0.25) is 0 Å². The Morgan fingerprint density at radius 3 is 2.82 bits per heavy atom. The number of para-hydroxylation sites is 1. The third kappa shape index (κ3) is 3.66. The van der Waals surface area contributed by atoms with Crippen LogP contribution in [0.4, 0.5) is 5.82 Å². The van der Waals surface area contributed by atoms with Crippen LogP contribution < -0.4 is 4.74 Å². The number of azo groups is 1. The summed E-state index contributed by atoms with van der Waals surface area (Å²) in [5, 5.41) is 20.7. The van der Waals surface area contributed by atoms with Gasteiger partial charge in [0.15, 0.2) is 5.82 Å². The first-order valence-electron chi connectivity index (χ1n) is 8.81. The number of hydrogen-bond acceptors (Lipinski definition) is 8. The number of aromatic nitrogens is 2. The van der Waals surface area contributed by atoms with Crippen molar-refractivity contribution in [3.8, 4) is 16.2 Å². The van der Waals surface area contributed by atoms with Crippen molar-refractivity contribution < 1.29 is 9.84 Å². The van der Waals surface area contributed by atoms with Gasteiger partial charge in [0.2, 0.25) is 0 Å². The quantitative estimate of drug-likeness (QED) is 0.403. The molecule has 0 aliphatic heterocycles. The minimum Gasteiger partial charge on any atom is -0.493 e. The lowest BCUT2D eigenvalue weighted by molar-refractivity contribution is 0.284. The number of aliphatic hydroxyl groups excluding tert-OH is 1. The molecule has 4 aromatic rings. The maximum Gasteiger partial charge on any atom is 0.195 e. The summed E-state index contributed by atoms with van der Waals surface area (Å²) < 4.78 is 6.58. The van der Waals surface area contributed by atoms with E-state index in [1.807, 2.05) is 48.7 Å². The van der Waals surface area contributed by atoms with Gasteiger partial charge in [-0.25, -0.2) is 9.97 Å². The maximum absolute atomic E-state index is 10.0. The highest BCUT2D eigenvalue weighted by molar-refractivity contribution is 7.23. The average Bonchev–Trinajstić information content (AvgIpc) is 3.36. The highest BCUT2D eigenvalue weighted by atomic mass is 32.1. The number of rotatable bonds is 7. The van der Waals surface area contributed by atoms with E-state index in [2.05, 4.69) is 20.2 Å². The van der Waals surface area contributed by atoms with E-state index in [0.29, 0.717) is 24.5 Å². The van der Waals surface area contributed by atoms with E-state index in [0.717, 1.165) is 31.3 Å². The first-order valence-corrected chi connectivity index (χ1v) is 10.5. The Kier molecular flexibility index (Phi) is 5.70. The minimum absolute atomic E-state index is 0.126. The van der Waals surface area contributed by atoms with Crippen molar-refractivity contribution in [2.24, 2.45) is 10.2 Å². The smallest absolute Gasteiger partial charge is 0.195 e. The Hall–Kier alpha value is -2.68. The largest absolute Gasteiger partial charge is 0.493 e. The van der Waals surface area contributed by atoms with E-state index in [-0.39, 0.29) is 6.61 Å². The maximum atomic E-state index is 10.0. The van der Waals surface area contributed by atoms with Crippen molar-refractivity contribution in [2.75, 3.05) is 6.61 Å². The molecule has 3 aromatic heterocycles. The van der Waals surface area contributed by atoms with E-state index < -0.39 is 0 Å². The minimum atomic E-state index is -0.126. The number of hydrogen-bond donors (Lipinski definition) is 1. The van der Waals surface area contributed by atoms with Gasteiger partial charge in [0.1, 0.15) is 16.8 Å². The van der Waals surface area contributed by atoms with Crippen molar-refractivity contribution in [2.45, 2.75) is 20.1 Å². The van der Waals surface area contributed by atoms with Crippen molar-refractivity contribution in [3.63, 3.8) is 0 Å². The molecule has 0 atom stereocenters. The third-order valence-corrected chi connectivity index (χ3v) is 6.22. The highest BCUT2D eigenvalue weighted by Crippen LogP contribution is 2.44. The molecule has 0 bridgehead atoms. The molecule has 0 aliphatic rings. The molecule has 8 heteroatoms. The molecular formula is C20H18N4O2S2. The van der Waals surface area contributed by atoms with Crippen LogP contribution in [0.5, 0.6) is 5.75 Å². The lowest BCUT2D eigenvalue weighted by Crippen LogP contribution is -1.94. The normalized spacial score (nSPS) is 11.5. The molecule has 0 spiro atoms. The number of fused-ring (bicyclic) bond motifs is 1. The molecule has 1 N–H and O–H groups in total. The number of nitrogens with zero attached hydrogens (tertiary/aromatic N) is 4. The van der Waals surface area contributed by atoms with Gasteiger partial charge < -0.3 is 9.84 Å². The summed E-state index contributed by atoms with van der Waals surface area (Å²) in [6.45, 7) is 2.91. The first-order chi connectivity index (χ1) is 13.8. The Labute approximate surface area is 170 Å². The highest BCUT2D eigenvalue weighted by Gasteiger charge is 2.19. The molecule has 1 aromatic carbocycles. The predicted octanol–water partition coefficient (Wildman–Crippen LogP) is 5.59. The number of benzene rings is 1. The van der Waals surface area contributed by atoms with Crippen LogP contribution in [0, 0.1) is 0 Å². The predicted molar refractivity (Wildman–Crippen MR) is 112 cm³/mol. The molecular weight excluding hydrogens is 392 g/mol. The Bertz CT molecular complexity index is 1110. The van der Waals surface area contributed by atoms with E-state index in [1.54, 1.807) is 11.3 Å². The zero-order valence-corrected chi connectivity index (χ0v) is 16.8. The van der Waals surface area contributed by atoms with Crippen LogP contribution >= 0.6 is 22.7 Å². The second-order valence-corrected chi connectivity index (χ2v) is 7.90. The van der Waals surface area contributed by atoms with Gasteiger partial charge in [0, 0.05) is 20.9 Å². The molecule has 0 saturated heterocycles. The summed E-state index contributed by atoms with van der Waals surface area (Å²) in [4.78, 5) is 10.7. The third-order valence-electron chi connectivity index (χ3n) is 4.11. The fourth-order valence-corrected chi connectivity index (χ4v) is 4.74. The van der Waals surface area contributed by atoms with Crippen LogP contribution in [-0.4, -0.2) is 21.7 Å². The Morgan fingerprint density at radius 2 is 2.04 bits per heavy atom. The van der Waals surface area contributed by atoms with Gasteiger partial charge in [-0.3, -0.25) is 0 Å². The van der Waals surface area contributed by atoms with Gasteiger partial charge in [0.25, 0.3) is 0 Å². The molecule has 0 unspecified atom stereocenters. The first kappa shape index (κ1) is 18.7. The van der Waals surface area contributed by atoms with E-state index in [4.69, 9.17) is 4.74 Å². The van der Waals surface area contributed by atoms with E-state index >= 15 is 0 Å². The Morgan fingerprint density at radius 1 is 1.14 bits per heavy atom. The van der Waals surface area contributed by atoms with Gasteiger partial charge >= 0.3 is 0 Å². The average molecular weight is 411 g/mol. The topological polar surface area (TPSA) is 80.0 Å². The summed E-state index contributed by atoms with van der Waals surface area (Å²) in [5.41, 5.74) is 2.39. The van der Waals surface area contributed by atoms with Gasteiger partial charge in [-0.2, -0.15) is 5.11 Å². The van der Waals surface area contributed by atoms with Crippen LogP contribution in [0.1, 0.15) is 17.4 Å². The second kappa shape index (κ2) is 8.55. The lowest BCUT2D eigenvalue weighted by atomic mass is 10.1. The summed E-state index contributed by atoms with van der Waals surface area (Å²) in [7, 11) is 0. The zero-order chi connectivity index (χ0) is 19.3. The molecule has 0 saturated carbocycles. The van der Waals surface area contributed by atoms with Crippen LogP contribution in [0.25, 0.3) is 20.7 Å². The summed E-state index contributed by atoms with van der Waals surface area (Å²) in [5.74, 6) is 1.29. The van der Waals surface area contributed by atoms with Crippen LogP contribution in [-0.2, 0) is 13.2 Å². The monoisotopic (exact) mass is 410 g/mol. The van der Waals surface area contributed by atoms with Gasteiger partial charge in [0.05, 0.1) is 25.3 Å². The summed E-state index contributed by atoms with van der Waals surface area (Å²) >= 11 is 3.14. The molecule has 0 radical (unpaired) electrons. The van der Waals surface area contributed by atoms with E-state index in [9.17, 15) is 5.11 Å². The number of aliphatic hydroxyl groups is 1. The fraction of sp³-hybridized carbons (Fsp3) is 0.200. The van der Waals surface area contributed by atoms with Crippen molar-refractivity contribution in [1.82, 2.24) is 9.97 Å². The van der Waals surface area contributed by atoms with Crippen LogP contribution in [0.3, 0.4) is 0 Å². The van der Waals surface area contributed by atoms with Crippen molar-refractivity contribution in [1.29, 1.82) is 0 Å². The standard InChI is InChI=1S/C20H18N4O2S2/c1-2-26-16-8-4-3-7-14(16)18-15(11-25)17-19(28-18)20(22-12-21-17)24-23-10-13-6-5-9-27-13/h3-9,12,25H,2,10-11H2,1H3. The van der Waals surface area contributed by atoms with Crippen molar-refractivity contribution >= 4 is 38.7 Å². The molecule has 3 heterocycles. The molecule has 0 aliphatic carbocycles. The molecule has 6 nitrogen and oxygen atoms in total. The van der Waals surface area contributed by atoms with Crippen LogP contribution in [0.15, 0.2) is 58.3 Å². The second-order valence-electron chi connectivity index (χ2n) is 5.85. The van der Waals surface area contributed by atoms with E-state index in [1.165, 1.54) is 17.7 Å². The summed E-state index contributed by atoms with van der Waals surface area (Å²) in [6.07, 6.45) is 1.46. The number of ether oxygens (including phenoxy) is 1. The molecule has 28 heavy (non-hydrogen) atoms. The lowest BCUT2D eigenvalue weighted by Gasteiger charge is -2.09. The molecule has 142 valence electrons. The molecule has 0 amide bonds. The van der Waals surface area contributed by atoms with Gasteiger partial charge in [-0.1, -0.05) is 18.2 Å². The van der Waals surface area contributed by atoms with Gasteiger partial charge in [-0.15, -0.1) is 27.8 Å². The molecule has 4 rings (SSSR count). The fourth-order valence-electron chi connectivity index (χ4n) is 2.89. The molecule has 0 fully saturated rings.